The number of carbonyl (C=O) groups excluding carboxylic acids is 1. The maximum absolute atomic E-state index is 12.5. The maximum Gasteiger partial charge on any atom is 0.246 e. The van der Waals surface area contributed by atoms with Crippen molar-refractivity contribution in [2.45, 2.75) is 39.5 Å². The first-order chi connectivity index (χ1) is 12.5. The number of piperazine rings is 1. The van der Waals surface area contributed by atoms with Gasteiger partial charge in [-0.2, -0.15) is 0 Å². The Balaban J connectivity index is 1.65. The van der Waals surface area contributed by atoms with Crippen molar-refractivity contribution < 1.29 is 9.53 Å². The highest BCUT2D eigenvalue weighted by molar-refractivity contribution is 7.09. The largest absolute Gasteiger partial charge is 0.487 e. The Hall–Kier alpha value is -2.18. The van der Waals surface area contributed by atoms with E-state index in [-0.39, 0.29) is 5.91 Å². The van der Waals surface area contributed by atoms with E-state index in [4.69, 9.17) is 4.74 Å². The van der Waals surface area contributed by atoms with Crippen molar-refractivity contribution in [1.82, 2.24) is 15.2 Å². The van der Waals surface area contributed by atoms with Gasteiger partial charge in [0.2, 0.25) is 5.91 Å². The molecule has 6 heteroatoms. The summed E-state index contributed by atoms with van der Waals surface area (Å²) in [5, 5.41) is 6.47. The van der Waals surface area contributed by atoms with E-state index in [2.05, 4.69) is 24.1 Å². The minimum absolute atomic E-state index is 0.0372. The lowest BCUT2D eigenvalue weighted by molar-refractivity contribution is -0.127. The molecular weight excluding hydrogens is 346 g/mol. The van der Waals surface area contributed by atoms with Crippen molar-refractivity contribution >= 4 is 23.3 Å². The third-order valence-electron chi connectivity index (χ3n) is 4.24. The molecular formula is C20H25N3O2S. The normalized spacial score (nSPS) is 20.5. The van der Waals surface area contributed by atoms with Gasteiger partial charge in [-0.05, 0) is 32.9 Å². The number of hydrogen-bond donors (Lipinski definition) is 1. The zero-order valence-corrected chi connectivity index (χ0v) is 16.3. The molecule has 1 aromatic carbocycles. The molecule has 0 bridgehead atoms. The third kappa shape index (κ3) is 4.93. The van der Waals surface area contributed by atoms with Gasteiger partial charge in [0.1, 0.15) is 12.4 Å². The van der Waals surface area contributed by atoms with Crippen LogP contribution in [0.3, 0.4) is 0 Å². The van der Waals surface area contributed by atoms with Crippen LogP contribution < -0.4 is 10.1 Å². The van der Waals surface area contributed by atoms with Gasteiger partial charge in [-0.3, -0.25) is 4.79 Å². The van der Waals surface area contributed by atoms with Gasteiger partial charge < -0.3 is 15.0 Å². The first-order valence-corrected chi connectivity index (χ1v) is 9.75. The van der Waals surface area contributed by atoms with Crippen LogP contribution in [0, 0.1) is 6.92 Å². The fourth-order valence-electron chi connectivity index (χ4n) is 3.15. The Morgan fingerprint density at radius 1 is 1.35 bits per heavy atom. The van der Waals surface area contributed by atoms with Crippen LogP contribution in [0.1, 0.15) is 30.1 Å². The van der Waals surface area contributed by atoms with Crippen LogP contribution in [-0.4, -0.2) is 41.0 Å². The second-order valence-corrected chi connectivity index (χ2v) is 7.79. The van der Waals surface area contributed by atoms with Crippen molar-refractivity contribution in [1.29, 1.82) is 0 Å². The second kappa shape index (κ2) is 8.47. The van der Waals surface area contributed by atoms with E-state index in [0.29, 0.717) is 18.7 Å². The molecule has 1 N–H and O–H groups in total. The van der Waals surface area contributed by atoms with Gasteiger partial charge in [0.25, 0.3) is 0 Å². The highest BCUT2D eigenvalue weighted by atomic mass is 32.1. The second-order valence-electron chi connectivity index (χ2n) is 6.73. The molecule has 1 aliphatic rings. The van der Waals surface area contributed by atoms with Crippen LogP contribution in [0.25, 0.3) is 6.08 Å². The van der Waals surface area contributed by atoms with Gasteiger partial charge in [0.15, 0.2) is 0 Å². The van der Waals surface area contributed by atoms with E-state index in [1.165, 1.54) is 0 Å². The standard InChI is InChI=1S/C20H25N3O2S/c1-14-10-23(11-15(2)21-14)20(24)9-8-17-6-4-5-7-19(17)25-12-18-13-26-16(3)22-18/h4-9,13-15,21H,10-12H2,1-3H3. The van der Waals surface area contributed by atoms with Crippen LogP contribution in [0.15, 0.2) is 35.7 Å². The number of amides is 1. The van der Waals surface area contributed by atoms with E-state index in [1.54, 1.807) is 17.4 Å². The van der Waals surface area contributed by atoms with E-state index in [9.17, 15) is 4.79 Å². The number of nitrogens with one attached hydrogen (secondary N) is 1. The zero-order chi connectivity index (χ0) is 18.5. The third-order valence-corrected chi connectivity index (χ3v) is 5.06. The predicted octanol–water partition coefficient (Wildman–Crippen LogP) is 3.25. The number of ether oxygens (including phenoxy) is 1. The number of aryl methyl sites for hydroxylation is 1. The molecule has 0 saturated carbocycles. The Bertz CT molecular complexity index is 777. The first kappa shape index (κ1) is 18.6. The van der Waals surface area contributed by atoms with Crippen molar-refractivity contribution in [2.75, 3.05) is 13.1 Å². The van der Waals surface area contributed by atoms with Gasteiger partial charge in [-0.25, -0.2) is 4.98 Å². The fourth-order valence-corrected chi connectivity index (χ4v) is 3.75. The van der Waals surface area contributed by atoms with Crippen molar-refractivity contribution in [3.05, 3.63) is 52.0 Å². The van der Waals surface area contributed by atoms with E-state index in [0.717, 1.165) is 35.1 Å². The van der Waals surface area contributed by atoms with Crippen LogP contribution in [0.2, 0.25) is 0 Å². The number of carbonyl (C=O) groups is 1. The number of benzene rings is 1. The number of rotatable bonds is 5. The Kier molecular flexibility index (Phi) is 6.06. The molecule has 26 heavy (non-hydrogen) atoms. The average Bonchev–Trinajstić information content (AvgIpc) is 3.03. The van der Waals surface area contributed by atoms with Gasteiger partial charge in [0, 0.05) is 42.2 Å². The number of para-hydroxylation sites is 1. The Morgan fingerprint density at radius 2 is 2.08 bits per heavy atom. The number of nitrogens with zero attached hydrogens (tertiary/aromatic N) is 2. The molecule has 1 aromatic heterocycles. The van der Waals surface area contributed by atoms with E-state index in [1.807, 2.05) is 47.5 Å². The summed E-state index contributed by atoms with van der Waals surface area (Å²) in [7, 11) is 0. The summed E-state index contributed by atoms with van der Waals surface area (Å²) in [6.07, 6.45) is 3.47. The molecule has 2 unspecified atom stereocenters. The van der Waals surface area contributed by atoms with Crippen LogP contribution in [-0.2, 0) is 11.4 Å². The Labute approximate surface area is 158 Å². The molecule has 1 saturated heterocycles. The SMILES string of the molecule is Cc1nc(COc2ccccc2C=CC(=O)N2CC(C)NC(C)C2)cs1. The molecule has 0 aliphatic carbocycles. The summed E-state index contributed by atoms with van der Waals surface area (Å²) >= 11 is 1.61. The first-order valence-electron chi connectivity index (χ1n) is 8.87. The molecule has 2 atom stereocenters. The molecule has 2 heterocycles. The molecule has 1 aliphatic heterocycles. The van der Waals surface area contributed by atoms with Crippen LogP contribution >= 0.6 is 11.3 Å². The smallest absolute Gasteiger partial charge is 0.246 e. The van der Waals surface area contributed by atoms with Gasteiger partial charge >= 0.3 is 0 Å². The molecule has 0 spiro atoms. The lowest BCUT2D eigenvalue weighted by Crippen LogP contribution is -2.55. The minimum atomic E-state index is 0.0372. The minimum Gasteiger partial charge on any atom is -0.487 e. The predicted molar refractivity (Wildman–Crippen MR) is 105 cm³/mol. The summed E-state index contributed by atoms with van der Waals surface area (Å²) < 4.78 is 5.91. The van der Waals surface area contributed by atoms with Crippen molar-refractivity contribution in [2.24, 2.45) is 0 Å². The number of aromatic nitrogens is 1. The van der Waals surface area contributed by atoms with Crippen molar-refractivity contribution in [3.8, 4) is 5.75 Å². The Morgan fingerprint density at radius 3 is 2.77 bits per heavy atom. The fraction of sp³-hybridized carbons (Fsp3) is 0.400. The quantitative estimate of drug-likeness (QED) is 0.820. The maximum atomic E-state index is 12.5. The number of thiazole rings is 1. The summed E-state index contributed by atoms with van der Waals surface area (Å²) in [5.41, 5.74) is 1.81. The number of hydrogen-bond acceptors (Lipinski definition) is 5. The zero-order valence-electron chi connectivity index (χ0n) is 15.4. The van der Waals surface area contributed by atoms with E-state index >= 15 is 0 Å². The molecule has 1 fully saturated rings. The molecule has 0 radical (unpaired) electrons. The topological polar surface area (TPSA) is 54.5 Å². The monoisotopic (exact) mass is 371 g/mol. The molecule has 5 nitrogen and oxygen atoms in total. The average molecular weight is 372 g/mol. The van der Waals surface area contributed by atoms with Crippen LogP contribution in [0.4, 0.5) is 0 Å². The molecule has 3 rings (SSSR count). The van der Waals surface area contributed by atoms with Crippen LogP contribution in [0.5, 0.6) is 5.75 Å². The highest BCUT2D eigenvalue weighted by Crippen LogP contribution is 2.21. The lowest BCUT2D eigenvalue weighted by Gasteiger charge is -2.35. The molecule has 2 aromatic rings. The highest BCUT2D eigenvalue weighted by Gasteiger charge is 2.23. The summed E-state index contributed by atoms with van der Waals surface area (Å²) in [6, 6.07) is 8.37. The molecule has 138 valence electrons. The van der Waals surface area contributed by atoms with E-state index < -0.39 is 0 Å². The van der Waals surface area contributed by atoms with Gasteiger partial charge in [-0.15, -0.1) is 11.3 Å². The van der Waals surface area contributed by atoms with Gasteiger partial charge in [0.05, 0.1) is 10.7 Å². The summed E-state index contributed by atoms with van der Waals surface area (Å²) in [6.45, 7) is 8.07. The molecule has 1 amide bonds. The lowest BCUT2D eigenvalue weighted by atomic mass is 10.1. The van der Waals surface area contributed by atoms with Crippen molar-refractivity contribution in [3.63, 3.8) is 0 Å². The summed E-state index contributed by atoms with van der Waals surface area (Å²) in [4.78, 5) is 18.8. The summed E-state index contributed by atoms with van der Waals surface area (Å²) in [5.74, 6) is 0.791. The van der Waals surface area contributed by atoms with Gasteiger partial charge in [-0.1, -0.05) is 18.2 Å².